The van der Waals surface area contributed by atoms with Crippen molar-refractivity contribution in [1.29, 1.82) is 0 Å². The molecule has 22 heavy (non-hydrogen) atoms. The topological polar surface area (TPSA) is 75.6 Å². The standard InChI is InChI=1S/C14H22N4O3S/c1-2-18(12-3-8-22(19,20)10-12)14-9-13(15-11-16-14)17-4-6-21-7-5-17/h9,11-12H,2-8,10H2,1H3. The van der Waals surface area contributed by atoms with E-state index in [-0.39, 0.29) is 17.5 Å². The van der Waals surface area contributed by atoms with Gasteiger partial charge in [0.15, 0.2) is 9.84 Å². The summed E-state index contributed by atoms with van der Waals surface area (Å²) in [5, 5.41) is 0. The molecule has 1 aromatic heterocycles. The molecule has 0 bridgehead atoms. The predicted octanol–water partition coefficient (Wildman–Crippen LogP) is 0.327. The van der Waals surface area contributed by atoms with Gasteiger partial charge in [-0.2, -0.15) is 0 Å². The van der Waals surface area contributed by atoms with Crippen LogP contribution in [0.25, 0.3) is 0 Å². The molecule has 0 aliphatic carbocycles. The van der Waals surface area contributed by atoms with Crippen LogP contribution in [0.4, 0.5) is 11.6 Å². The van der Waals surface area contributed by atoms with Gasteiger partial charge in [0.25, 0.3) is 0 Å². The lowest BCUT2D eigenvalue weighted by Gasteiger charge is -2.31. The minimum absolute atomic E-state index is 0.0161. The van der Waals surface area contributed by atoms with Crippen LogP contribution in [-0.4, -0.2) is 68.8 Å². The van der Waals surface area contributed by atoms with Gasteiger partial charge in [0.2, 0.25) is 0 Å². The van der Waals surface area contributed by atoms with Crippen molar-refractivity contribution in [3.63, 3.8) is 0 Å². The summed E-state index contributed by atoms with van der Waals surface area (Å²) in [5.74, 6) is 2.18. The first kappa shape index (κ1) is 15.5. The summed E-state index contributed by atoms with van der Waals surface area (Å²) in [5.41, 5.74) is 0. The van der Waals surface area contributed by atoms with E-state index in [9.17, 15) is 8.42 Å². The van der Waals surface area contributed by atoms with Crippen LogP contribution in [0.2, 0.25) is 0 Å². The van der Waals surface area contributed by atoms with Crippen molar-refractivity contribution in [3.05, 3.63) is 12.4 Å². The molecule has 2 saturated heterocycles. The molecule has 3 heterocycles. The summed E-state index contributed by atoms with van der Waals surface area (Å²) in [6.45, 7) is 5.82. The molecule has 2 fully saturated rings. The molecule has 1 atom stereocenters. The molecule has 0 saturated carbocycles. The Morgan fingerprint density at radius 3 is 2.77 bits per heavy atom. The summed E-state index contributed by atoms with van der Waals surface area (Å²) >= 11 is 0. The Kier molecular flexibility index (Phi) is 4.49. The number of rotatable bonds is 4. The monoisotopic (exact) mass is 326 g/mol. The van der Waals surface area contributed by atoms with Crippen molar-refractivity contribution >= 4 is 21.5 Å². The average molecular weight is 326 g/mol. The Morgan fingerprint density at radius 2 is 2.14 bits per heavy atom. The van der Waals surface area contributed by atoms with Crippen molar-refractivity contribution < 1.29 is 13.2 Å². The number of ether oxygens (including phenoxy) is 1. The molecule has 0 radical (unpaired) electrons. The third-order valence-electron chi connectivity index (χ3n) is 4.26. The molecule has 1 unspecified atom stereocenters. The number of nitrogens with zero attached hydrogens (tertiary/aromatic N) is 4. The van der Waals surface area contributed by atoms with Crippen LogP contribution in [0.15, 0.2) is 12.4 Å². The van der Waals surface area contributed by atoms with Gasteiger partial charge in [0.05, 0.1) is 24.7 Å². The highest BCUT2D eigenvalue weighted by atomic mass is 32.2. The van der Waals surface area contributed by atoms with Crippen LogP contribution < -0.4 is 9.80 Å². The second kappa shape index (κ2) is 6.37. The number of hydrogen-bond donors (Lipinski definition) is 0. The Morgan fingerprint density at radius 1 is 1.36 bits per heavy atom. The lowest BCUT2D eigenvalue weighted by Crippen LogP contribution is -2.38. The van der Waals surface area contributed by atoms with Crippen LogP contribution in [0.1, 0.15) is 13.3 Å². The Hall–Kier alpha value is -1.41. The molecule has 2 aliphatic heterocycles. The van der Waals surface area contributed by atoms with E-state index < -0.39 is 9.84 Å². The van der Waals surface area contributed by atoms with Crippen molar-refractivity contribution in [2.24, 2.45) is 0 Å². The fourth-order valence-electron chi connectivity index (χ4n) is 3.09. The Bertz CT molecular complexity index is 616. The first-order valence-electron chi connectivity index (χ1n) is 7.71. The minimum Gasteiger partial charge on any atom is -0.378 e. The van der Waals surface area contributed by atoms with Crippen LogP contribution in [-0.2, 0) is 14.6 Å². The average Bonchev–Trinajstić information content (AvgIpc) is 2.89. The quantitative estimate of drug-likeness (QED) is 0.789. The molecule has 0 N–H and O–H groups in total. The van der Waals surface area contributed by atoms with E-state index >= 15 is 0 Å². The number of aromatic nitrogens is 2. The van der Waals surface area contributed by atoms with E-state index in [2.05, 4.69) is 19.8 Å². The zero-order valence-electron chi connectivity index (χ0n) is 12.8. The zero-order valence-corrected chi connectivity index (χ0v) is 13.6. The second-order valence-electron chi connectivity index (χ2n) is 5.68. The molecule has 3 rings (SSSR count). The minimum atomic E-state index is -2.90. The summed E-state index contributed by atoms with van der Waals surface area (Å²) in [6.07, 6.45) is 2.24. The molecule has 7 nitrogen and oxygen atoms in total. The van der Waals surface area contributed by atoms with Gasteiger partial charge in [-0.05, 0) is 13.3 Å². The highest BCUT2D eigenvalue weighted by molar-refractivity contribution is 7.91. The van der Waals surface area contributed by atoms with E-state index in [1.165, 1.54) is 0 Å². The number of hydrogen-bond acceptors (Lipinski definition) is 7. The SMILES string of the molecule is CCN(c1cc(N2CCOCC2)ncn1)C1CCS(=O)(=O)C1. The van der Waals surface area contributed by atoms with Crippen LogP contribution in [0, 0.1) is 0 Å². The number of anilines is 2. The Balaban J connectivity index is 1.80. The summed E-state index contributed by atoms with van der Waals surface area (Å²) in [7, 11) is -2.90. The van der Waals surface area contributed by atoms with E-state index in [1.807, 2.05) is 13.0 Å². The van der Waals surface area contributed by atoms with Gasteiger partial charge in [0, 0.05) is 31.7 Å². The van der Waals surface area contributed by atoms with Gasteiger partial charge in [0.1, 0.15) is 18.0 Å². The van der Waals surface area contributed by atoms with Crippen LogP contribution >= 0.6 is 0 Å². The van der Waals surface area contributed by atoms with Crippen molar-refractivity contribution in [2.75, 3.05) is 54.2 Å². The first-order chi connectivity index (χ1) is 10.6. The molecule has 0 amide bonds. The van der Waals surface area contributed by atoms with Crippen LogP contribution in [0.5, 0.6) is 0 Å². The third-order valence-corrected chi connectivity index (χ3v) is 6.01. The Labute approximate surface area is 131 Å². The van der Waals surface area contributed by atoms with Gasteiger partial charge in [-0.15, -0.1) is 0 Å². The predicted molar refractivity (Wildman–Crippen MR) is 85.1 cm³/mol. The van der Waals surface area contributed by atoms with Gasteiger partial charge in [-0.1, -0.05) is 0 Å². The van der Waals surface area contributed by atoms with Gasteiger partial charge in [-0.25, -0.2) is 18.4 Å². The maximum atomic E-state index is 11.7. The zero-order chi connectivity index (χ0) is 15.6. The molecular formula is C14H22N4O3S. The molecule has 0 aromatic carbocycles. The summed E-state index contributed by atoms with van der Waals surface area (Å²) in [6, 6.07) is 1.97. The van der Waals surface area contributed by atoms with E-state index in [0.717, 1.165) is 31.3 Å². The third kappa shape index (κ3) is 3.33. The van der Waals surface area contributed by atoms with E-state index in [4.69, 9.17) is 4.74 Å². The molecule has 122 valence electrons. The number of morpholine rings is 1. The molecule has 0 spiro atoms. The fourth-order valence-corrected chi connectivity index (χ4v) is 4.82. The van der Waals surface area contributed by atoms with Crippen molar-refractivity contribution in [2.45, 2.75) is 19.4 Å². The van der Waals surface area contributed by atoms with Gasteiger partial charge < -0.3 is 14.5 Å². The van der Waals surface area contributed by atoms with Gasteiger partial charge >= 0.3 is 0 Å². The number of sulfone groups is 1. The summed E-state index contributed by atoms with van der Waals surface area (Å²) in [4.78, 5) is 13.0. The molecule has 2 aliphatic rings. The van der Waals surface area contributed by atoms with Gasteiger partial charge in [-0.3, -0.25) is 0 Å². The lowest BCUT2D eigenvalue weighted by atomic mass is 10.2. The normalized spacial score (nSPS) is 24.4. The lowest BCUT2D eigenvalue weighted by molar-refractivity contribution is 0.122. The largest absolute Gasteiger partial charge is 0.378 e. The van der Waals surface area contributed by atoms with Crippen molar-refractivity contribution in [3.8, 4) is 0 Å². The van der Waals surface area contributed by atoms with E-state index in [1.54, 1.807) is 6.33 Å². The second-order valence-corrected chi connectivity index (χ2v) is 7.91. The molecule has 1 aromatic rings. The molecular weight excluding hydrogens is 304 g/mol. The molecule has 8 heteroatoms. The highest BCUT2D eigenvalue weighted by Crippen LogP contribution is 2.25. The van der Waals surface area contributed by atoms with Crippen molar-refractivity contribution in [1.82, 2.24) is 9.97 Å². The summed E-state index contributed by atoms with van der Waals surface area (Å²) < 4.78 is 28.8. The first-order valence-corrected chi connectivity index (χ1v) is 9.53. The maximum Gasteiger partial charge on any atom is 0.152 e. The fraction of sp³-hybridized carbons (Fsp3) is 0.714. The smallest absolute Gasteiger partial charge is 0.152 e. The highest BCUT2D eigenvalue weighted by Gasteiger charge is 2.32. The van der Waals surface area contributed by atoms with E-state index in [0.29, 0.717) is 19.6 Å². The maximum absolute atomic E-state index is 11.7. The van der Waals surface area contributed by atoms with Crippen LogP contribution in [0.3, 0.4) is 0 Å².